The van der Waals surface area contributed by atoms with E-state index >= 15 is 0 Å². The van der Waals surface area contributed by atoms with Crippen LogP contribution in [0.25, 0.3) is 0 Å². The molecule has 0 atom stereocenters. The van der Waals surface area contributed by atoms with Gasteiger partial charge in [0.25, 0.3) is 0 Å². The standard InChI is InChI=1S/C8H17NO.C2H6/c1-8(10)6-4-5-7-9(2)3;1-2/h4-7H2,1-3H3;1-2H3. The molecule has 0 saturated carbocycles. The molecule has 12 heavy (non-hydrogen) atoms. The summed E-state index contributed by atoms with van der Waals surface area (Å²) in [6.07, 6.45) is 2.91. The summed E-state index contributed by atoms with van der Waals surface area (Å²) < 4.78 is 0. The number of nitrogens with zero attached hydrogens (tertiary/aromatic N) is 1. The normalized spacial score (nSPS) is 9.17. The zero-order valence-electron chi connectivity index (χ0n) is 9.18. The van der Waals surface area contributed by atoms with Gasteiger partial charge in [0.2, 0.25) is 0 Å². The van der Waals surface area contributed by atoms with Gasteiger partial charge in [-0.3, -0.25) is 0 Å². The van der Waals surface area contributed by atoms with E-state index in [-0.39, 0.29) is 0 Å². The van der Waals surface area contributed by atoms with Crippen molar-refractivity contribution >= 4 is 5.78 Å². The maximum atomic E-state index is 10.5. The highest BCUT2D eigenvalue weighted by Crippen LogP contribution is 1.96. The molecular formula is C10H23NO. The van der Waals surface area contributed by atoms with Crippen molar-refractivity contribution in [1.29, 1.82) is 0 Å². The highest BCUT2D eigenvalue weighted by Gasteiger charge is 1.93. The lowest BCUT2D eigenvalue weighted by Crippen LogP contribution is -2.12. The zero-order chi connectivity index (χ0) is 9.98. The third kappa shape index (κ3) is 16.3. The second kappa shape index (κ2) is 10.6. The summed E-state index contributed by atoms with van der Waals surface area (Å²) in [5.41, 5.74) is 0. The van der Waals surface area contributed by atoms with E-state index in [2.05, 4.69) is 4.90 Å². The summed E-state index contributed by atoms with van der Waals surface area (Å²) in [6.45, 7) is 6.74. The first-order valence-corrected chi connectivity index (χ1v) is 4.77. The Morgan fingerprint density at radius 2 is 1.67 bits per heavy atom. The third-order valence-corrected chi connectivity index (χ3v) is 1.38. The minimum absolute atomic E-state index is 0.304. The molecule has 0 bridgehead atoms. The molecule has 0 saturated heterocycles. The van der Waals surface area contributed by atoms with Crippen LogP contribution < -0.4 is 0 Å². The van der Waals surface area contributed by atoms with E-state index in [1.54, 1.807) is 6.92 Å². The van der Waals surface area contributed by atoms with Crippen molar-refractivity contribution in [1.82, 2.24) is 4.90 Å². The summed E-state index contributed by atoms with van der Waals surface area (Å²) >= 11 is 0. The van der Waals surface area contributed by atoms with Crippen LogP contribution in [0.3, 0.4) is 0 Å². The Labute approximate surface area is 77.0 Å². The first kappa shape index (κ1) is 14.2. The fraction of sp³-hybridized carbons (Fsp3) is 0.900. The Bertz CT molecular complexity index is 100. The molecule has 0 rings (SSSR count). The molecule has 0 spiro atoms. The minimum Gasteiger partial charge on any atom is -0.309 e. The first-order valence-electron chi connectivity index (χ1n) is 4.77. The molecule has 0 aromatic rings. The number of hydrogen-bond acceptors (Lipinski definition) is 2. The number of carbonyl (C=O) groups excluding carboxylic acids is 1. The fourth-order valence-electron chi connectivity index (χ4n) is 0.802. The molecule has 0 heterocycles. The lowest BCUT2D eigenvalue weighted by Gasteiger charge is -2.07. The lowest BCUT2D eigenvalue weighted by atomic mass is 10.2. The topological polar surface area (TPSA) is 20.3 Å². The van der Waals surface area contributed by atoms with Crippen molar-refractivity contribution in [3.8, 4) is 0 Å². The van der Waals surface area contributed by atoms with E-state index in [1.165, 1.54) is 0 Å². The second-order valence-corrected chi connectivity index (χ2v) is 2.96. The van der Waals surface area contributed by atoms with E-state index in [0.29, 0.717) is 5.78 Å². The summed E-state index contributed by atoms with van der Waals surface area (Å²) in [5, 5.41) is 0. The van der Waals surface area contributed by atoms with Crippen molar-refractivity contribution in [2.45, 2.75) is 40.0 Å². The van der Waals surface area contributed by atoms with Gasteiger partial charge in [0.05, 0.1) is 0 Å². The van der Waals surface area contributed by atoms with E-state index in [1.807, 2.05) is 27.9 Å². The molecule has 0 fully saturated rings. The number of carbonyl (C=O) groups is 1. The van der Waals surface area contributed by atoms with Gasteiger partial charge in [-0.05, 0) is 40.4 Å². The van der Waals surface area contributed by atoms with Crippen molar-refractivity contribution in [3.05, 3.63) is 0 Å². The monoisotopic (exact) mass is 173 g/mol. The Balaban J connectivity index is 0. The smallest absolute Gasteiger partial charge is 0.129 e. The summed E-state index contributed by atoms with van der Waals surface area (Å²) in [6, 6.07) is 0. The molecule has 0 amide bonds. The van der Waals surface area contributed by atoms with Crippen LogP contribution in [-0.2, 0) is 4.79 Å². The first-order chi connectivity index (χ1) is 5.63. The molecule has 0 aliphatic carbocycles. The van der Waals surface area contributed by atoms with Crippen LogP contribution >= 0.6 is 0 Å². The molecule has 74 valence electrons. The van der Waals surface area contributed by atoms with Crippen molar-refractivity contribution in [2.75, 3.05) is 20.6 Å². The van der Waals surface area contributed by atoms with Crippen molar-refractivity contribution < 1.29 is 4.79 Å². The van der Waals surface area contributed by atoms with Crippen LogP contribution in [0, 0.1) is 0 Å². The number of rotatable bonds is 5. The van der Waals surface area contributed by atoms with Crippen LogP contribution in [0.4, 0.5) is 0 Å². The molecule has 0 radical (unpaired) electrons. The Morgan fingerprint density at radius 1 is 1.17 bits per heavy atom. The summed E-state index contributed by atoms with van der Waals surface area (Å²) in [4.78, 5) is 12.6. The van der Waals surface area contributed by atoms with Crippen molar-refractivity contribution in [3.63, 3.8) is 0 Å². The lowest BCUT2D eigenvalue weighted by molar-refractivity contribution is -0.117. The summed E-state index contributed by atoms with van der Waals surface area (Å²) in [7, 11) is 4.10. The van der Waals surface area contributed by atoms with Crippen LogP contribution in [0.2, 0.25) is 0 Å². The van der Waals surface area contributed by atoms with Gasteiger partial charge in [0, 0.05) is 6.42 Å². The van der Waals surface area contributed by atoms with Crippen molar-refractivity contribution in [2.24, 2.45) is 0 Å². The van der Waals surface area contributed by atoms with Crippen LogP contribution in [0.1, 0.15) is 40.0 Å². The van der Waals surface area contributed by atoms with Gasteiger partial charge in [-0.25, -0.2) is 0 Å². The Hall–Kier alpha value is -0.370. The second-order valence-electron chi connectivity index (χ2n) is 2.96. The number of hydrogen-bond donors (Lipinski definition) is 0. The van der Waals surface area contributed by atoms with E-state index in [9.17, 15) is 4.79 Å². The van der Waals surface area contributed by atoms with Gasteiger partial charge in [0.15, 0.2) is 0 Å². The van der Waals surface area contributed by atoms with Crippen LogP contribution in [0.15, 0.2) is 0 Å². The number of ketones is 1. The number of unbranched alkanes of at least 4 members (excludes halogenated alkanes) is 1. The fourth-order valence-corrected chi connectivity index (χ4v) is 0.802. The average Bonchev–Trinajstić information content (AvgIpc) is 2.02. The van der Waals surface area contributed by atoms with Crippen LogP contribution in [0.5, 0.6) is 0 Å². The van der Waals surface area contributed by atoms with Crippen LogP contribution in [-0.4, -0.2) is 31.3 Å². The zero-order valence-corrected chi connectivity index (χ0v) is 9.18. The highest BCUT2D eigenvalue weighted by atomic mass is 16.1. The Morgan fingerprint density at radius 3 is 2.00 bits per heavy atom. The van der Waals surface area contributed by atoms with E-state index in [0.717, 1.165) is 25.8 Å². The molecule has 2 heteroatoms. The maximum absolute atomic E-state index is 10.5. The quantitative estimate of drug-likeness (QED) is 0.595. The minimum atomic E-state index is 0.304. The molecule has 0 aromatic heterocycles. The Kier molecular flexibility index (Phi) is 12.6. The maximum Gasteiger partial charge on any atom is 0.129 e. The van der Waals surface area contributed by atoms with Gasteiger partial charge >= 0.3 is 0 Å². The van der Waals surface area contributed by atoms with E-state index < -0.39 is 0 Å². The predicted molar refractivity (Wildman–Crippen MR) is 54.4 cm³/mol. The highest BCUT2D eigenvalue weighted by molar-refractivity contribution is 5.75. The largest absolute Gasteiger partial charge is 0.309 e. The van der Waals surface area contributed by atoms with Gasteiger partial charge < -0.3 is 9.69 Å². The summed E-state index contributed by atoms with van der Waals surface area (Å²) in [5.74, 6) is 0.304. The van der Waals surface area contributed by atoms with Gasteiger partial charge in [-0.2, -0.15) is 0 Å². The molecular weight excluding hydrogens is 150 g/mol. The molecule has 0 aromatic carbocycles. The van der Waals surface area contributed by atoms with Gasteiger partial charge in [-0.1, -0.05) is 13.8 Å². The number of Topliss-reactive ketones (excluding diaryl/α,β-unsaturated/α-hetero) is 1. The molecule has 0 unspecified atom stereocenters. The average molecular weight is 173 g/mol. The molecule has 0 aliphatic rings. The molecule has 0 N–H and O–H groups in total. The van der Waals surface area contributed by atoms with Gasteiger partial charge in [0.1, 0.15) is 5.78 Å². The molecule has 0 aliphatic heterocycles. The van der Waals surface area contributed by atoms with Gasteiger partial charge in [-0.15, -0.1) is 0 Å². The van der Waals surface area contributed by atoms with E-state index in [4.69, 9.17) is 0 Å². The predicted octanol–water partition coefficient (Wildman–Crippen LogP) is 2.33. The molecule has 2 nitrogen and oxygen atoms in total. The third-order valence-electron chi connectivity index (χ3n) is 1.38. The SMILES string of the molecule is CC.CC(=O)CCCCN(C)C.